The zero-order valence-electron chi connectivity index (χ0n) is 12.5. The first kappa shape index (κ1) is 15.4. The van der Waals surface area contributed by atoms with Gasteiger partial charge in [-0.3, -0.25) is 4.79 Å². The predicted molar refractivity (Wildman–Crippen MR) is 80.4 cm³/mol. The van der Waals surface area contributed by atoms with E-state index in [1.54, 1.807) is 0 Å². The number of amides is 2. The fraction of sp³-hybridized carbons (Fsp3) is 0.500. The number of aliphatic carboxylic acids is 1. The van der Waals surface area contributed by atoms with E-state index in [2.05, 4.69) is 22.8 Å². The molecular weight excluding hydrogens is 268 g/mol. The Morgan fingerprint density at radius 1 is 1.33 bits per heavy atom. The topological polar surface area (TPSA) is 78.4 Å². The number of urea groups is 1. The van der Waals surface area contributed by atoms with Gasteiger partial charge in [0.05, 0.1) is 0 Å². The van der Waals surface area contributed by atoms with Crippen LogP contribution in [-0.2, 0) is 11.2 Å². The Bertz CT molecular complexity index is 540. The molecule has 21 heavy (non-hydrogen) atoms. The molecule has 3 N–H and O–H groups in total. The lowest BCUT2D eigenvalue weighted by molar-refractivity contribution is -0.137. The monoisotopic (exact) mass is 290 g/mol. The van der Waals surface area contributed by atoms with Gasteiger partial charge in [-0.1, -0.05) is 24.3 Å². The van der Waals surface area contributed by atoms with E-state index in [-0.39, 0.29) is 12.5 Å². The largest absolute Gasteiger partial charge is 0.481 e. The number of carboxylic acids is 1. The Morgan fingerprint density at radius 2 is 2.05 bits per heavy atom. The molecular formula is C16H22N2O3. The van der Waals surface area contributed by atoms with Crippen molar-refractivity contribution in [3.63, 3.8) is 0 Å². The van der Waals surface area contributed by atoms with E-state index in [0.717, 1.165) is 6.42 Å². The summed E-state index contributed by atoms with van der Waals surface area (Å²) < 4.78 is 0. The third-order valence-corrected chi connectivity index (χ3v) is 3.89. The Balaban J connectivity index is 1.74. The SMILES string of the molecule is CC(C)(CCC(=O)O)NC(=O)NCC1Cc2ccccc21. The van der Waals surface area contributed by atoms with Crippen molar-refractivity contribution in [2.45, 2.75) is 44.6 Å². The average molecular weight is 290 g/mol. The maximum atomic E-state index is 11.9. The Labute approximate surface area is 124 Å². The van der Waals surface area contributed by atoms with Gasteiger partial charge in [0.1, 0.15) is 0 Å². The summed E-state index contributed by atoms with van der Waals surface area (Å²) in [5.41, 5.74) is 2.13. The fourth-order valence-electron chi connectivity index (χ4n) is 2.59. The molecule has 0 saturated heterocycles. The number of hydrogen-bond donors (Lipinski definition) is 3. The van der Waals surface area contributed by atoms with Gasteiger partial charge >= 0.3 is 12.0 Å². The minimum Gasteiger partial charge on any atom is -0.481 e. The fourth-order valence-corrected chi connectivity index (χ4v) is 2.59. The predicted octanol–water partition coefficient (Wildman–Crippen LogP) is 2.27. The third-order valence-electron chi connectivity index (χ3n) is 3.89. The number of benzene rings is 1. The van der Waals surface area contributed by atoms with Gasteiger partial charge in [0.25, 0.3) is 0 Å². The van der Waals surface area contributed by atoms with Crippen LogP contribution in [0.1, 0.15) is 43.7 Å². The van der Waals surface area contributed by atoms with E-state index in [9.17, 15) is 9.59 Å². The summed E-state index contributed by atoms with van der Waals surface area (Å²) in [4.78, 5) is 22.5. The second-order valence-corrected chi connectivity index (χ2v) is 6.21. The lowest BCUT2D eigenvalue weighted by Gasteiger charge is -2.31. The number of carbonyl (C=O) groups is 2. The molecule has 2 rings (SSSR count). The molecule has 0 spiro atoms. The second kappa shape index (κ2) is 6.16. The van der Waals surface area contributed by atoms with Crippen molar-refractivity contribution in [3.8, 4) is 0 Å². The van der Waals surface area contributed by atoms with Gasteiger partial charge in [-0.25, -0.2) is 4.79 Å². The quantitative estimate of drug-likeness (QED) is 0.752. The zero-order chi connectivity index (χ0) is 15.5. The molecule has 0 bridgehead atoms. The van der Waals surface area contributed by atoms with Crippen LogP contribution in [0.15, 0.2) is 24.3 Å². The maximum absolute atomic E-state index is 11.9. The first-order chi connectivity index (χ1) is 9.87. The van der Waals surface area contributed by atoms with Gasteiger partial charge in [0, 0.05) is 24.4 Å². The molecule has 1 aliphatic rings. The molecule has 1 aromatic carbocycles. The normalized spacial score (nSPS) is 16.6. The van der Waals surface area contributed by atoms with Crippen molar-refractivity contribution in [2.24, 2.45) is 0 Å². The Kier molecular flexibility index (Phi) is 4.50. The molecule has 0 saturated carbocycles. The minimum absolute atomic E-state index is 0.0449. The number of carbonyl (C=O) groups excluding carboxylic acids is 1. The van der Waals surface area contributed by atoms with Crippen LogP contribution in [0.5, 0.6) is 0 Å². The van der Waals surface area contributed by atoms with Gasteiger partial charge in [-0.2, -0.15) is 0 Å². The summed E-state index contributed by atoms with van der Waals surface area (Å²) in [5.74, 6) is -0.467. The highest BCUT2D eigenvalue weighted by atomic mass is 16.4. The van der Waals surface area contributed by atoms with Crippen LogP contribution < -0.4 is 10.6 Å². The standard InChI is InChI=1S/C16H22N2O3/c1-16(2,8-7-14(19)20)18-15(21)17-10-12-9-11-5-3-4-6-13(11)12/h3-6,12H,7-10H2,1-2H3,(H,19,20)(H2,17,18,21). The number of fused-ring (bicyclic) bond motifs is 1. The number of carboxylic acid groups (broad SMARTS) is 1. The summed E-state index contributed by atoms with van der Waals surface area (Å²) in [5, 5.41) is 14.4. The van der Waals surface area contributed by atoms with E-state index >= 15 is 0 Å². The van der Waals surface area contributed by atoms with Gasteiger partial charge in [0.15, 0.2) is 0 Å². The maximum Gasteiger partial charge on any atom is 0.315 e. The molecule has 0 radical (unpaired) electrons. The highest BCUT2D eigenvalue weighted by Gasteiger charge is 2.26. The molecule has 0 fully saturated rings. The average Bonchev–Trinajstić information content (AvgIpc) is 2.37. The second-order valence-electron chi connectivity index (χ2n) is 6.21. The summed E-state index contributed by atoms with van der Waals surface area (Å²) in [6.45, 7) is 4.26. The number of hydrogen-bond acceptors (Lipinski definition) is 2. The van der Waals surface area contributed by atoms with Crippen molar-refractivity contribution in [1.82, 2.24) is 10.6 Å². The minimum atomic E-state index is -0.851. The van der Waals surface area contributed by atoms with Crippen LogP contribution in [0.25, 0.3) is 0 Å². The molecule has 114 valence electrons. The van der Waals surface area contributed by atoms with Crippen LogP contribution in [0.3, 0.4) is 0 Å². The van der Waals surface area contributed by atoms with Crippen LogP contribution >= 0.6 is 0 Å². The van der Waals surface area contributed by atoms with Crippen LogP contribution in [0, 0.1) is 0 Å². The van der Waals surface area contributed by atoms with Crippen molar-refractivity contribution in [3.05, 3.63) is 35.4 Å². The van der Waals surface area contributed by atoms with Crippen LogP contribution in [-0.4, -0.2) is 29.2 Å². The molecule has 5 heteroatoms. The van der Waals surface area contributed by atoms with Crippen molar-refractivity contribution >= 4 is 12.0 Å². The van der Waals surface area contributed by atoms with E-state index < -0.39 is 11.5 Å². The highest BCUT2D eigenvalue weighted by molar-refractivity contribution is 5.75. The van der Waals surface area contributed by atoms with E-state index in [1.807, 2.05) is 26.0 Å². The van der Waals surface area contributed by atoms with Crippen LogP contribution in [0.2, 0.25) is 0 Å². The van der Waals surface area contributed by atoms with Gasteiger partial charge in [-0.15, -0.1) is 0 Å². The van der Waals surface area contributed by atoms with Gasteiger partial charge in [0.2, 0.25) is 0 Å². The highest BCUT2D eigenvalue weighted by Crippen LogP contribution is 2.33. The molecule has 1 aliphatic carbocycles. The van der Waals surface area contributed by atoms with Crippen LogP contribution in [0.4, 0.5) is 4.79 Å². The molecule has 5 nitrogen and oxygen atoms in total. The Hall–Kier alpha value is -2.04. The van der Waals surface area contributed by atoms with E-state index in [4.69, 9.17) is 5.11 Å². The number of rotatable bonds is 6. The molecule has 0 aliphatic heterocycles. The third kappa shape index (κ3) is 4.21. The van der Waals surface area contributed by atoms with E-state index in [1.165, 1.54) is 11.1 Å². The molecule has 1 unspecified atom stereocenters. The summed E-state index contributed by atoms with van der Waals surface area (Å²) >= 11 is 0. The zero-order valence-corrected chi connectivity index (χ0v) is 12.5. The van der Waals surface area contributed by atoms with Gasteiger partial charge < -0.3 is 15.7 Å². The molecule has 0 heterocycles. The smallest absolute Gasteiger partial charge is 0.315 e. The summed E-state index contributed by atoms with van der Waals surface area (Å²) in [6.07, 6.45) is 1.45. The summed E-state index contributed by atoms with van der Waals surface area (Å²) in [7, 11) is 0. The van der Waals surface area contributed by atoms with E-state index in [0.29, 0.717) is 18.9 Å². The van der Waals surface area contributed by atoms with Crippen molar-refractivity contribution < 1.29 is 14.7 Å². The lowest BCUT2D eigenvalue weighted by atomic mass is 9.78. The van der Waals surface area contributed by atoms with Crippen molar-refractivity contribution in [2.75, 3.05) is 6.54 Å². The number of nitrogens with one attached hydrogen (secondary N) is 2. The van der Waals surface area contributed by atoms with Gasteiger partial charge in [-0.05, 0) is 37.8 Å². The first-order valence-electron chi connectivity index (χ1n) is 7.23. The first-order valence-corrected chi connectivity index (χ1v) is 7.23. The lowest BCUT2D eigenvalue weighted by Crippen LogP contribution is -2.49. The Morgan fingerprint density at radius 3 is 2.71 bits per heavy atom. The molecule has 1 aromatic rings. The molecule has 1 atom stereocenters. The summed E-state index contributed by atoms with van der Waals surface area (Å²) in [6, 6.07) is 8.01. The van der Waals surface area contributed by atoms with Crippen molar-refractivity contribution in [1.29, 1.82) is 0 Å². The molecule has 0 aromatic heterocycles. The molecule has 2 amide bonds.